The van der Waals surface area contributed by atoms with Gasteiger partial charge in [0.1, 0.15) is 5.78 Å². The molecule has 3 nitrogen and oxygen atoms in total. The lowest BCUT2D eigenvalue weighted by Crippen LogP contribution is -2.30. The van der Waals surface area contributed by atoms with Crippen molar-refractivity contribution in [2.45, 2.75) is 25.7 Å². The van der Waals surface area contributed by atoms with E-state index in [1.807, 2.05) is 0 Å². The van der Waals surface area contributed by atoms with Gasteiger partial charge in [-0.25, -0.2) is 0 Å². The molecule has 1 saturated carbocycles. The highest BCUT2D eigenvalue weighted by Gasteiger charge is 2.07. The van der Waals surface area contributed by atoms with Gasteiger partial charge in [0.15, 0.2) is 0 Å². The number of Topliss-reactive ketones (excluding diaryl/α,β-unsaturated/α-hetero) is 1. The number of carbonyl (C=O) groups is 1. The smallest absolute Gasteiger partial charge is 0.132 e. The Kier molecular flexibility index (Phi) is 4.95. The van der Waals surface area contributed by atoms with Crippen LogP contribution in [0.5, 0.6) is 0 Å². The summed E-state index contributed by atoms with van der Waals surface area (Å²) < 4.78 is 5.01. The molecule has 0 amide bonds. The van der Waals surface area contributed by atoms with Crippen molar-refractivity contribution in [2.24, 2.45) is 0 Å². The van der Waals surface area contributed by atoms with E-state index >= 15 is 0 Å². The quantitative estimate of drug-likeness (QED) is 0.584. The lowest BCUT2D eigenvalue weighted by molar-refractivity contribution is -0.117. The summed E-state index contributed by atoms with van der Waals surface area (Å²) in [6, 6.07) is 0. The van der Waals surface area contributed by atoms with Gasteiger partial charge in [0.05, 0.1) is 13.2 Å². The summed E-state index contributed by atoms with van der Waals surface area (Å²) in [4.78, 5) is 10.2. The predicted octanol–water partition coefficient (Wildman–Crippen LogP) is 0.736. The molecule has 0 bridgehead atoms. The second-order valence-corrected chi connectivity index (χ2v) is 3.11. The summed E-state index contributed by atoms with van der Waals surface area (Å²) in [5, 5.41) is 3.16. The average molecular weight is 171 g/mol. The Bertz CT molecular complexity index is 113. The number of morpholine rings is 1. The summed E-state index contributed by atoms with van der Waals surface area (Å²) in [5.74, 6) is 0.454. The number of rotatable bonds is 0. The molecule has 2 aliphatic rings. The highest BCUT2D eigenvalue weighted by atomic mass is 16.5. The van der Waals surface area contributed by atoms with E-state index in [9.17, 15) is 4.79 Å². The Labute approximate surface area is 73.5 Å². The summed E-state index contributed by atoms with van der Waals surface area (Å²) >= 11 is 0. The fourth-order valence-electron chi connectivity index (χ4n) is 1.29. The van der Waals surface area contributed by atoms with Crippen molar-refractivity contribution >= 4 is 5.78 Å². The van der Waals surface area contributed by atoms with Crippen molar-refractivity contribution in [1.82, 2.24) is 5.32 Å². The van der Waals surface area contributed by atoms with Crippen LogP contribution in [0.15, 0.2) is 0 Å². The van der Waals surface area contributed by atoms with Gasteiger partial charge < -0.3 is 10.1 Å². The number of hydrogen-bond donors (Lipinski definition) is 1. The summed E-state index contributed by atoms with van der Waals surface area (Å²) in [6.45, 7) is 3.83. The molecular weight excluding hydrogens is 154 g/mol. The first-order chi connectivity index (χ1) is 5.89. The third kappa shape index (κ3) is 4.46. The molecule has 0 unspecified atom stereocenters. The second-order valence-electron chi connectivity index (χ2n) is 3.11. The first kappa shape index (κ1) is 9.68. The van der Waals surface area contributed by atoms with Gasteiger partial charge in [-0.05, 0) is 12.8 Å². The van der Waals surface area contributed by atoms with E-state index in [1.54, 1.807) is 0 Å². The Morgan fingerprint density at radius 3 is 1.83 bits per heavy atom. The lowest BCUT2D eigenvalue weighted by atomic mass is 10.4. The number of hydrogen-bond acceptors (Lipinski definition) is 3. The van der Waals surface area contributed by atoms with Gasteiger partial charge in [0, 0.05) is 25.9 Å². The zero-order valence-electron chi connectivity index (χ0n) is 7.47. The van der Waals surface area contributed by atoms with Crippen LogP contribution in [0.2, 0.25) is 0 Å². The molecule has 1 heterocycles. The first-order valence-corrected chi connectivity index (χ1v) is 4.70. The molecule has 1 aliphatic heterocycles. The van der Waals surface area contributed by atoms with Crippen molar-refractivity contribution in [1.29, 1.82) is 0 Å². The molecule has 1 saturated heterocycles. The van der Waals surface area contributed by atoms with E-state index in [1.165, 1.54) is 0 Å². The topological polar surface area (TPSA) is 38.3 Å². The van der Waals surface area contributed by atoms with Gasteiger partial charge in [-0.3, -0.25) is 4.79 Å². The van der Waals surface area contributed by atoms with Crippen LogP contribution in [-0.4, -0.2) is 32.1 Å². The summed E-state index contributed by atoms with van der Waals surface area (Å²) in [7, 11) is 0. The Hall–Kier alpha value is -0.410. The van der Waals surface area contributed by atoms with Gasteiger partial charge in [-0.15, -0.1) is 0 Å². The lowest BCUT2D eigenvalue weighted by Gasteiger charge is -2.10. The fraction of sp³-hybridized carbons (Fsp3) is 0.889. The molecule has 0 aromatic heterocycles. The maximum absolute atomic E-state index is 10.2. The minimum atomic E-state index is 0.454. The standard InChI is InChI=1S/C5H8O.C4H9NO/c6-5-3-1-2-4-5;1-3-6-4-2-5-1/h1-4H2;5H,1-4H2. The molecule has 0 aromatic rings. The molecule has 0 atom stereocenters. The molecule has 0 spiro atoms. The van der Waals surface area contributed by atoms with Crippen LogP contribution in [-0.2, 0) is 9.53 Å². The van der Waals surface area contributed by atoms with Crippen LogP contribution >= 0.6 is 0 Å². The Balaban J connectivity index is 0.000000120. The van der Waals surface area contributed by atoms with E-state index in [0.29, 0.717) is 5.78 Å². The molecule has 1 aliphatic carbocycles. The second kappa shape index (κ2) is 6.14. The summed E-state index contributed by atoms with van der Waals surface area (Å²) in [6.07, 6.45) is 3.97. The van der Waals surface area contributed by atoms with Crippen molar-refractivity contribution < 1.29 is 9.53 Å². The van der Waals surface area contributed by atoms with E-state index in [-0.39, 0.29) is 0 Å². The predicted molar refractivity (Wildman–Crippen MR) is 47.2 cm³/mol. The van der Waals surface area contributed by atoms with Crippen molar-refractivity contribution in [2.75, 3.05) is 26.3 Å². The van der Waals surface area contributed by atoms with E-state index < -0.39 is 0 Å². The van der Waals surface area contributed by atoms with Gasteiger partial charge in [0.2, 0.25) is 0 Å². The van der Waals surface area contributed by atoms with Crippen molar-refractivity contribution in [3.05, 3.63) is 0 Å². The van der Waals surface area contributed by atoms with Gasteiger partial charge in [-0.1, -0.05) is 0 Å². The molecular formula is C9H17NO2. The zero-order chi connectivity index (χ0) is 8.65. The molecule has 1 N–H and O–H groups in total. The number of ether oxygens (including phenoxy) is 1. The van der Waals surface area contributed by atoms with Gasteiger partial charge >= 0.3 is 0 Å². The van der Waals surface area contributed by atoms with Crippen LogP contribution < -0.4 is 5.32 Å². The highest BCUT2D eigenvalue weighted by molar-refractivity contribution is 5.79. The molecule has 70 valence electrons. The molecule has 3 heteroatoms. The third-order valence-electron chi connectivity index (χ3n) is 2.01. The monoisotopic (exact) mass is 171 g/mol. The maximum atomic E-state index is 10.2. The van der Waals surface area contributed by atoms with Crippen LogP contribution in [0.25, 0.3) is 0 Å². The normalized spacial score (nSPS) is 23.2. The largest absolute Gasteiger partial charge is 0.379 e. The minimum Gasteiger partial charge on any atom is -0.379 e. The van der Waals surface area contributed by atoms with E-state index in [4.69, 9.17) is 4.74 Å². The zero-order valence-corrected chi connectivity index (χ0v) is 7.47. The molecule has 2 rings (SSSR count). The third-order valence-corrected chi connectivity index (χ3v) is 2.01. The van der Waals surface area contributed by atoms with Gasteiger partial charge in [0.25, 0.3) is 0 Å². The van der Waals surface area contributed by atoms with Crippen LogP contribution in [0.1, 0.15) is 25.7 Å². The highest BCUT2D eigenvalue weighted by Crippen LogP contribution is 2.11. The molecule has 12 heavy (non-hydrogen) atoms. The Morgan fingerprint density at radius 1 is 1.08 bits per heavy atom. The van der Waals surface area contributed by atoms with Crippen LogP contribution in [0, 0.1) is 0 Å². The molecule has 0 radical (unpaired) electrons. The molecule has 2 fully saturated rings. The Morgan fingerprint density at radius 2 is 1.67 bits per heavy atom. The van der Waals surface area contributed by atoms with Crippen molar-refractivity contribution in [3.8, 4) is 0 Å². The van der Waals surface area contributed by atoms with E-state index in [2.05, 4.69) is 5.32 Å². The number of ketones is 1. The SMILES string of the molecule is C1COCCN1.O=C1CCCC1. The minimum absolute atomic E-state index is 0.454. The number of nitrogens with one attached hydrogen (secondary N) is 1. The average Bonchev–Trinajstić information content (AvgIpc) is 2.60. The van der Waals surface area contributed by atoms with Crippen LogP contribution in [0.4, 0.5) is 0 Å². The van der Waals surface area contributed by atoms with Crippen LogP contribution in [0.3, 0.4) is 0 Å². The maximum Gasteiger partial charge on any atom is 0.132 e. The van der Waals surface area contributed by atoms with Crippen molar-refractivity contribution in [3.63, 3.8) is 0 Å². The number of carbonyl (C=O) groups excluding carboxylic acids is 1. The molecule has 0 aromatic carbocycles. The van der Waals surface area contributed by atoms with Gasteiger partial charge in [-0.2, -0.15) is 0 Å². The summed E-state index contributed by atoms with van der Waals surface area (Å²) in [5.41, 5.74) is 0. The first-order valence-electron chi connectivity index (χ1n) is 4.70. The fourth-order valence-corrected chi connectivity index (χ4v) is 1.29. The van der Waals surface area contributed by atoms with E-state index in [0.717, 1.165) is 52.0 Å².